The molecule has 1 heterocycles. The van der Waals surface area contributed by atoms with Crippen LogP contribution < -0.4 is 5.32 Å². The number of hydrogen-bond donors (Lipinski definition) is 2. The molecule has 1 aromatic carbocycles. The molecule has 1 atom stereocenters. The van der Waals surface area contributed by atoms with Crippen LogP contribution in [0.25, 0.3) is 0 Å². The van der Waals surface area contributed by atoms with Crippen LogP contribution in [0.4, 0.5) is 11.4 Å². The quantitative estimate of drug-likeness (QED) is 0.115. The van der Waals surface area contributed by atoms with Gasteiger partial charge in [0, 0.05) is 54.8 Å². The number of Topliss-reactive ketones (excluding diaryl/α,β-unsaturated/α-hetero) is 1. The Morgan fingerprint density at radius 2 is 1.74 bits per heavy atom. The van der Waals surface area contributed by atoms with Crippen molar-refractivity contribution in [2.75, 3.05) is 17.6 Å². The van der Waals surface area contributed by atoms with Gasteiger partial charge in [-0.2, -0.15) is 8.42 Å². The molecule has 0 bridgehead atoms. The number of carbonyl (C=O) groups is 4. The number of imide groups is 1. The summed E-state index contributed by atoms with van der Waals surface area (Å²) in [4.78, 5) is 60.7. The zero-order valence-corrected chi connectivity index (χ0v) is 22.5. The number of nitrogens with zero attached hydrogens (tertiary/aromatic N) is 2. The fourth-order valence-electron chi connectivity index (χ4n) is 4.05. The number of nitro groups is 1. The molecular formula is C25H33N3O9S. The van der Waals surface area contributed by atoms with Gasteiger partial charge < -0.3 is 5.32 Å². The van der Waals surface area contributed by atoms with Crippen molar-refractivity contribution in [2.45, 2.75) is 64.7 Å². The fourth-order valence-corrected chi connectivity index (χ4v) is 4.64. The summed E-state index contributed by atoms with van der Waals surface area (Å²) in [7, 11) is -4.39. The zero-order valence-electron chi connectivity index (χ0n) is 21.6. The number of rotatable bonds is 14. The summed E-state index contributed by atoms with van der Waals surface area (Å²) in [5.74, 6) is -3.57. The van der Waals surface area contributed by atoms with E-state index in [1.54, 1.807) is 0 Å². The maximum absolute atomic E-state index is 12.9. The second kappa shape index (κ2) is 12.9. The van der Waals surface area contributed by atoms with Gasteiger partial charge in [0.25, 0.3) is 27.6 Å². The molecule has 12 nitrogen and oxygen atoms in total. The van der Waals surface area contributed by atoms with Gasteiger partial charge >= 0.3 is 0 Å². The molecule has 13 heteroatoms. The molecule has 0 unspecified atom stereocenters. The summed E-state index contributed by atoms with van der Waals surface area (Å²) in [6.45, 7) is 5.67. The highest BCUT2D eigenvalue weighted by molar-refractivity contribution is 7.85. The third kappa shape index (κ3) is 9.45. The van der Waals surface area contributed by atoms with E-state index in [1.165, 1.54) is 30.4 Å². The summed E-state index contributed by atoms with van der Waals surface area (Å²) in [6.07, 6.45) is 3.39. The molecule has 0 radical (unpaired) electrons. The lowest BCUT2D eigenvalue weighted by molar-refractivity contribution is -0.385. The predicted molar refractivity (Wildman–Crippen MR) is 139 cm³/mol. The Kier molecular flexibility index (Phi) is 10.4. The van der Waals surface area contributed by atoms with E-state index in [9.17, 15) is 37.7 Å². The van der Waals surface area contributed by atoms with E-state index in [0.29, 0.717) is 24.8 Å². The van der Waals surface area contributed by atoms with Crippen LogP contribution in [0.2, 0.25) is 0 Å². The molecule has 0 aromatic heterocycles. The Morgan fingerprint density at radius 3 is 2.29 bits per heavy atom. The number of anilines is 1. The lowest BCUT2D eigenvalue weighted by Crippen LogP contribution is -2.30. The van der Waals surface area contributed by atoms with Gasteiger partial charge in [0.15, 0.2) is 0 Å². The molecular weight excluding hydrogens is 518 g/mol. The van der Waals surface area contributed by atoms with Gasteiger partial charge in [-0.1, -0.05) is 27.2 Å². The normalized spacial score (nSPS) is 14.6. The van der Waals surface area contributed by atoms with Gasteiger partial charge in [0.05, 0.1) is 10.7 Å². The molecule has 0 saturated heterocycles. The summed E-state index contributed by atoms with van der Waals surface area (Å²) in [5, 5.41) is 14.1. The summed E-state index contributed by atoms with van der Waals surface area (Å²) >= 11 is 0. The average Bonchev–Trinajstić information content (AvgIpc) is 3.12. The lowest BCUT2D eigenvalue weighted by Gasteiger charge is -2.20. The standard InChI is InChI=1S/C25H33N3O9S/c1-25(2,3)20-9-8-18(16-21(20)28(33)34)26-24(32)17(12-14-38(35,36)37)15-19(29)7-5-4-6-13-27-22(30)10-11-23(27)31/h8-11,16-17H,4-7,12-15H2,1-3H3,(H,26,32)(H,35,36,37)/t17-/m1/s1. The first-order valence-corrected chi connectivity index (χ1v) is 13.8. The number of benzene rings is 1. The highest BCUT2D eigenvalue weighted by Gasteiger charge is 2.28. The Morgan fingerprint density at radius 1 is 1.11 bits per heavy atom. The van der Waals surface area contributed by atoms with E-state index in [-0.39, 0.29) is 54.8 Å². The van der Waals surface area contributed by atoms with Crippen molar-refractivity contribution in [2.24, 2.45) is 5.92 Å². The van der Waals surface area contributed by atoms with Crippen LogP contribution in [0, 0.1) is 16.0 Å². The molecule has 2 rings (SSSR count). The Labute approximate surface area is 221 Å². The van der Waals surface area contributed by atoms with E-state index in [4.69, 9.17) is 4.55 Å². The molecule has 1 aromatic rings. The Balaban J connectivity index is 2.00. The number of nitrogens with one attached hydrogen (secondary N) is 1. The third-order valence-electron chi connectivity index (χ3n) is 6.08. The number of hydrogen-bond acceptors (Lipinski definition) is 8. The number of amides is 3. The number of carbonyl (C=O) groups excluding carboxylic acids is 4. The lowest BCUT2D eigenvalue weighted by atomic mass is 9.85. The van der Waals surface area contributed by atoms with Crippen molar-refractivity contribution in [1.82, 2.24) is 4.90 Å². The van der Waals surface area contributed by atoms with Crippen molar-refractivity contribution < 1.29 is 37.1 Å². The van der Waals surface area contributed by atoms with E-state index in [1.807, 2.05) is 20.8 Å². The number of ketones is 1. The van der Waals surface area contributed by atoms with E-state index < -0.39 is 38.0 Å². The molecule has 2 N–H and O–H groups in total. The fraction of sp³-hybridized carbons (Fsp3) is 0.520. The van der Waals surface area contributed by atoms with Gasteiger partial charge in [-0.3, -0.25) is 38.7 Å². The van der Waals surface area contributed by atoms with Crippen molar-refractivity contribution in [3.8, 4) is 0 Å². The first kappa shape index (κ1) is 30.8. The van der Waals surface area contributed by atoms with Crippen LogP contribution in [-0.4, -0.2) is 58.6 Å². The summed E-state index contributed by atoms with van der Waals surface area (Å²) in [6, 6.07) is 4.25. The van der Waals surface area contributed by atoms with Gasteiger partial charge in [0.1, 0.15) is 5.78 Å². The van der Waals surface area contributed by atoms with Crippen molar-refractivity contribution in [3.63, 3.8) is 0 Å². The predicted octanol–water partition coefficient (Wildman–Crippen LogP) is 3.17. The van der Waals surface area contributed by atoms with Gasteiger partial charge in [-0.05, 0) is 36.8 Å². The molecule has 3 amide bonds. The summed E-state index contributed by atoms with van der Waals surface area (Å²) < 4.78 is 31.6. The van der Waals surface area contributed by atoms with Crippen molar-refractivity contribution in [1.29, 1.82) is 0 Å². The van der Waals surface area contributed by atoms with Crippen LogP contribution in [0.5, 0.6) is 0 Å². The Hall–Kier alpha value is -3.45. The van der Waals surface area contributed by atoms with Crippen molar-refractivity contribution in [3.05, 3.63) is 46.0 Å². The minimum absolute atomic E-state index is 0.0988. The maximum Gasteiger partial charge on any atom is 0.275 e. The topological polar surface area (TPSA) is 181 Å². The third-order valence-corrected chi connectivity index (χ3v) is 6.83. The number of nitro benzene ring substituents is 1. The van der Waals surface area contributed by atoms with Gasteiger partial charge in [-0.25, -0.2) is 0 Å². The molecule has 208 valence electrons. The SMILES string of the molecule is CC(C)(C)c1ccc(NC(=O)[C@H](CCS(=O)(=O)O)CC(=O)CCCCCN2C(=O)C=CC2=O)cc1[N+](=O)[O-]. The van der Waals surface area contributed by atoms with E-state index in [2.05, 4.69) is 5.32 Å². The molecule has 1 aliphatic rings. The molecule has 0 aliphatic carbocycles. The number of unbranched alkanes of at least 4 members (excludes halogenated alkanes) is 2. The zero-order chi connectivity index (χ0) is 28.7. The smallest absolute Gasteiger partial charge is 0.275 e. The summed E-state index contributed by atoms with van der Waals surface area (Å²) in [5.41, 5.74) is -0.118. The van der Waals surface area contributed by atoms with Crippen LogP contribution in [0.3, 0.4) is 0 Å². The van der Waals surface area contributed by atoms with Crippen LogP contribution in [-0.2, 0) is 34.7 Å². The second-order valence-corrected chi connectivity index (χ2v) is 11.8. The molecule has 0 spiro atoms. The monoisotopic (exact) mass is 551 g/mol. The van der Waals surface area contributed by atoms with Gasteiger partial charge in [-0.15, -0.1) is 0 Å². The van der Waals surface area contributed by atoms with E-state index in [0.717, 1.165) is 4.90 Å². The van der Waals surface area contributed by atoms with Gasteiger partial charge in [0.2, 0.25) is 5.91 Å². The second-order valence-electron chi connectivity index (χ2n) is 10.2. The molecule has 0 fully saturated rings. The van der Waals surface area contributed by atoms with Crippen LogP contribution >= 0.6 is 0 Å². The highest BCUT2D eigenvalue weighted by atomic mass is 32.2. The molecule has 1 aliphatic heterocycles. The van der Waals surface area contributed by atoms with Crippen LogP contribution in [0.1, 0.15) is 64.9 Å². The largest absolute Gasteiger partial charge is 0.326 e. The van der Waals surface area contributed by atoms with Crippen molar-refractivity contribution >= 4 is 45.0 Å². The van der Waals surface area contributed by atoms with E-state index >= 15 is 0 Å². The first-order chi connectivity index (χ1) is 17.6. The van der Waals surface area contributed by atoms with Crippen LogP contribution in [0.15, 0.2) is 30.4 Å². The highest BCUT2D eigenvalue weighted by Crippen LogP contribution is 2.33. The average molecular weight is 552 g/mol. The Bertz CT molecular complexity index is 1210. The maximum atomic E-state index is 12.9. The minimum atomic E-state index is -4.39. The minimum Gasteiger partial charge on any atom is -0.326 e. The first-order valence-electron chi connectivity index (χ1n) is 12.2. The molecule has 0 saturated carbocycles. The molecule has 38 heavy (non-hydrogen) atoms.